The summed E-state index contributed by atoms with van der Waals surface area (Å²) in [7, 11) is 0. The Morgan fingerprint density at radius 3 is 0.610 bits per heavy atom. The second kappa shape index (κ2) is 28.9. The van der Waals surface area contributed by atoms with E-state index in [1.807, 2.05) is 48.5 Å². The van der Waals surface area contributed by atoms with Gasteiger partial charge in [-0.15, -0.1) is 0 Å². The van der Waals surface area contributed by atoms with Gasteiger partial charge in [0.25, 0.3) is 88.6 Å². The summed E-state index contributed by atoms with van der Waals surface area (Å²) in [6.45, 7) is 0. The Kier molecular flexibility index (Phi) is 17.9. The van der Waals surface area contributed by atoms with Crippen LogP contribution in [-0.2, 0) is 71.9 Å². The maximum absolute atomic E-state index is 13.8. The molecule has 8 aliphatic heterocycles. The van der Waals surface area contributed by atoms with Crippen LogP contribution in [0.2, 0.25) is 0 Å². The van der Waals surface area contributed by atoms with E-state index in [0.717, 1.165) is 119 Å². The van der Waals surface area contributed by atoms with Crippen molar-refractivity contribution in [2.75, 3.05) is 39.2 Å². The van der Waals surface area contributed by atoms with Crippen molar-refractivity contribution < 1.29 is 77.0 Å². The van der Waals surface area contributed by atoms with Gasteiger partial charge >= 0.3 is 0 Å². The van der Waals surface area contributed by atoms with Crippen molar-refractivity contribution in [2.45, 2.75) is 18.1 Å². The number of aliphatic hydroxyl groups is 1. The van der Waals surface area contributed by atoms with E-state index in [9.17, 15) is 77.0 Å². The fourth-order valence-electron chi connectivity index (χ4n) is 16.3. The summed E-state index contributed by atoms with van der Waals surface area (Å²) in [5.74, 6) is -11.5. The molecule has 0 fully saturated rings. The predicted octanol–water partition coefficient (Wildman–Crippen LogP) is 11.6. The van der Waals surface area contributed by atoms with Crippen LogP contribution in [0.5, 0.6) is 0 Å². The monoisotopic (exact) mass is 1550 g/mol. The number of amides is 15. The van der Waals surface area contributed by atoms with Crippen molar-refractivity contribution in [2.24, 2.45) is 0 Å². The minimum Gasteiger partial charge on any atom is -0.369 e. The Labute approximate surface area is 669 Å². The van der Waals surface area contributed by atoms with Gasteiger partial charge in [0.05, 0.1) is 45.5 Å². The van der Waals surface area contributed by atoms with Crippen LogP contribution in [0.3, 0.4) is 0 Å². The minimum atomic E-state index is -1.39. The molecule has 0 saturated carbocycles. The Hall–Kier alpha value is -16.5. The molecule has 568 valence electrons. The van der Waals surface area contributed by atoms with E-state index < -0.39 is 107 Å². The zero-order chi connectivity index (χ0) is 81.6. The van der Waals surface area contributed by atoms with E-state index in [1.165, 1.54) is 17.1 Å². The molecule has 0 radical (unpaired) electrons. The summed E-state index contributed by atoms with van der Waals surface area (Å²) in [6, 6.07) is 61.5. The van der Waals surface area contributed by atoms with Crippen molar-refractivity contribution in [3.63, 3.8) is 0 Å². The zero-order valence-electron chi connectivity index (χ0n) is 61.4. The molecule has 2 unspecified atom stereocenters. The predicted molar refractivity (Wildman–Crippen MR) is 435 cm³/mol. The van der Waals surface area contributed by atoms with Gasteiger partial charge < -0.3 is 5.11 Å². The van der Waals surface area contributed by atoms with Crippen LogP contribution in [0.25, 0.3) is 55.6 Å². The number of hydrogen-bond donors (Lipinski definition) is 1. The van der Waals surface area contributed by atoms with E-state index in [0.29, 0.717) is 50.1 Å². The molecule has 10 aromatic rings. The molecule has 0 aliphatic carbocycles. The molecule has 8 aliphatic rings. The van der Waals surface area contributed by atoms with Crippen LogP contribution in [-0.4, -0.2) is 99.9 Å². The number of imide groups is 7. The van der Waals surface area contributed by atoms with Gasteiger partial charge in [0.2, 0.25) is 0 Å². The number of rotatable bonds is 19. The highest BCUT2D eigenvalue weighted by Gasteiger charge is 2.40. The summed E-state index contributed by atoms with van der Waals surface area (Å²) in [4.78, 5) is 214. The van der Waals surface area contributed by atoms with Gasteiger partial charge in [-0.1, -0.05) is 146 Å². The van der Waals surface area contributed by atoms with Crippen LogP contribution in [0.4, 0.5) is 45.5 Å². The quantitative estimate of drug-likeness (QED) is 0.0581. The molecule has 1 N–H and O–H groups in total. The first kappa shape index (κ1) is 73.0. The number of benzene rings is 10. The summed E-state index contributed by atoms with van der Waals surface area (Å²) < 4.78 is 0. The lowest BCUT2D eigenvalue weighted by atomic mass is 9.81. The first-order chi connectivity index (χ1) is 57.2. The van der Waals surface area contributed by atoms with Gasteiger partial charge in [0.1, 0.15) is 0 Å². The minimum absolute atomic E-state index is 0.102. The average Bonchev–Trinajstić information content (AvgIpc) is 0.796. The third-order valence-corrected chi connectivity index (χ3v) is 21.5. The Morgan fingerprint density at radius 1 is 0.195 bits per heavy atom. The molecule has 8 heterocycles. The number of hydrogen-bond acceptors (Lipinski definition) is 16. The summed E-state index contributed by atoms with van der Waals surface area (Å²) >= 11 is 0. The lowest BCUT2D eigenvalue weighted by Gasteiger charge is -2.28. The summed E-state index contributed by atoms with van der Waals surface area (Å²) in [6.07, 6.45) is 17.0. The topological polar surface area (TPSA) is 302 Å². The molecule has 0 saturated heterocycles. The molecule has 2 atom stereocenters. The van der Waals surface area contributed by atoms with E-state index in [2.05, 4.69) is 0 Å². The van der Waals surface area contributed by atoms with Gasteiger partial charge in [-0.3, -0.25) is 76.8 Å². The summed E-state index contributed by atoms with van der Waals surface area (Å²) in [5, 5.41) is 11.3. The second-order valence-electron chi connectivity index (χ2n) is 28.2. The lowest BCUT2D eigenvalue weighted by Crippen LogP contribution is -2.34. The number of aliphatic hydroxyl groups excluding tert-OH is 1. The number of nitrogens with zero attached hydrogens (tertiary/aromatic N) is 8. The molecule has 24 heteroatoms. The van der Waals surface area contributed by atoms with Gasteiger partial charge in [-0.05, 0) is 123 Å². The molecule has 18 rings (SSSR count). The Morgan fingerprint density at radius 2 is 0.390 bits per heavy atom. The highest BCUT2D eigenvalue weighted by Crippen LogP contribution is 2.50. The standard InChI is InChI=1S/C94H56N8O16/c103-77-33-34-78(104)95(77)69-13-5-1-9-61(69)65-49-57(25-29-73(65)99-85(111)41-42-86(99)112)93(58-26-30-74(100-87(113)43-44-88(100)114)66(50-58)62-10-2-6-14-70(62)96-79(105)35-36-80(96)106)55-21-17-53(18-22-55)54-19-23-56(24-20-54)94(59-27-31-75(101-89(115)45-46-90(101)116)67(51-59)63-11-3-7-15-71(63)97-81(107)37-38-82(97)108)60-28-32-76(102-91(117)47-48-92(102)118)68(52-60)64-12-4-8-16-72(64)98-83(109)39-40-84(98)110/h1-52,77,93-94,103H. The first-order valence-electron chi connectivity index (χ1n) is 36.9. The van der Waals surface area contributed by atoms with Gasteiger partial charge in [0.15, 0.2) is 6.23 Å². The molecule has 15 amide bonds. The number of para-hydroxylation sites is 4. The lowest BCUT2D eigenvalue weighted by molar-refractivity contribution is -0.121. The Balaban J connectivity index is 0.812. The van der Waals surface area contributed by atoms with Gasteiger partial charge in [0, 0.05) is 147 Å². The highest BCUT2D eigenvalue weighted by molar-refractivity contribution is 6.35. The van der Waals surface area contributed by atoms with Crippen LogP contribution < -0.4 is 39.2 Å². The van der Waals surface area contributed by atoms with Crippen LogP contribution >= 0.6 is 0 Å². The van der Waals surface area contributed by atoms with Crippen molar-refractivity contribution >= 4 is 134 Å². The third-order valence-electron chi connectivity index (χ3n) is 21.5. The summed E-state index contributed by atoms with van der Waals surface area (Å²) in [5.41, 5.74) is 7.84. The number of carbonyl (C=O) groups excluding carboxylic acids is 15. The fourth-order valence-corrected chi connectivity index (χ4v) is 16.3. The van der Waals surface area contributed by atoms with Crippen molar-refractivity contribution in [3.05, 3.63) is 349 Å². The molecule has 0 spiro atoms. The molecular weight excluding hydrogens is 1500 g/mol. The van der Waals surface area contributed by atoms with Crippen LogP contribution in [0, 0.1) is 0 Å². The average molecular weight is 1550 g/mol. The number of carbonyl (C=O) groups is 15. The largest absolute Gasteiger partial charge is 0.369 e. The molecule has 0 aromatic heterocycles. The van der Waals surface area contributed by atoms with Crippen LogP contribution in [0.15, 0.2) is 316 Å². The molecule has 118 heavy (non-hydrogen) atoms. The van der Waals surface area contributed by atoms with Crippen molar-refractivity contribution in [1.82, 2.24) is 0 Å². The van der Waals surface area contributed by atoms with E-state index in [-0.39, 0.29) is 84.4 Å². The molecule has 0 bridgehead atoms. The number of anilines is 8. The molecule has 10 aromatic carbocycles. The Bertz CT molecular complexity index is 6280. The first-order valence-corrected chi connectivity index (χ1v) is 36.9. The van der Waals surface area contributed by atoms with E-state index in [4.69, 9.17) is 0 Å². The molecule has 24 nitrogen and oxygen atoms in total. The zero-order valence-corrected chi connectivity index (χ0v) is 61.4. The second-order valence-corrected chi connectivity index (χ2v) is 28.2. The highest BCUT2D eigenvalue weighted by atomic mass is 16.3. The van der Waals surface area contributed by atoms with Gasteiger partial charge in [-0.2, -0.15) is 0 Å². The van der Waals surface area contributed by atoms with Gasteiger partial charge in [-0.25, -0.2) is 34.3 Å². The fraction of sp³-hybridized carbons (Fsp3) is 0.0319. The van der Waals surface area contributed by atoms with Crippen molar-refractivity contribution in [1.29, 1.82) is 0 Å². The van der Waals surface area contributed by atoms with Crippen LogP contribution in [0.1, 0.15) is 45.2 Å². The SMILES string of the molecule is O=C1C=CC(=O)N1c1ccccc1-c1cc(C(c2ccc(-c3ccc(C(c4ccc(N5C(=O)C=CC5=O)c(-c5ccccc5N5C(=O)C=CC5=O)c4)c4ccc(N5C(=O)C=CC5=O)c(-c5ccccc5N5C(=O)C=CC5O)c4)cc3)cc2)c2ccc(N3C(=O)C=CC3=O)c(-c3ccccc3N3C(=O)C=CC3=O)c2)ccc1N1C(=O)C=CC1=O. The van der Waals surface area contributed by atoms with E-state index >= 15 is 0 Å². The molecular formula is C94H56N8O16. The maximum atomic E-state index is 13.8. The maximum Gasteiger partial charge on any atom is 0.258 e. The normalized spacial score (nSPS) is 17.2. The van der Waals surface area contributed by atoms with Crippen molar-refractivity contribution in [3.8, 4) is 55.6 Å². The smallest absolute Gasteiger partial charge is 0.258 e. The third kappa shape index (κ3) is 12.4. The van der Waals surface area contributed by atoms with E-state index in [1.54, 1.807) is 170 Å².